The third-order valence-corrected chi connectivity index (χ3v) is 5.03. The van der Waals surface area contributed by atoms with Crippen LogP contribution in [0.5, 0.6) is 0 Å². The van der Waals surface area contributed by atoms with E-state index in [1.165, 1.54) is 31.0 Å². The second-order valence-corrected chi connectivity index (χ2v) is 6.68. The minimum atomic E-state index is -0.795. The van der Waals surface area contributed by atoms with Crippen LogP contribution in [0.1, 0.15) is 37.8 Å². The SMILES string of the molecule is CCCC1CC1n1c(SCC(=O)O)nc2c(C)cccc21. The maximum Gasteiger partial charge on any atom is 0.313 e. The minimum Gasteiger partial charge on any atom is -0.481 e. The van der Waals surface area contributed by atoms with Gasteiger partial charge in [0.15, 0.2) is 5.16 Å². The summed E-state index contributed by atoms with van der Waals surface area (Å²) in [6.45, 7) is 4.27. The highest BCUT2D eigenvalue weighted by molar-refractivity contribution is 7.99. The first kappa shape index (κ1) is 14.4. The van der Waals surface area contributed by atoms with E-state index in [4.69, 9.17) is 10.1 Å². The van der Waals surface area contributed by atoms with Gasteiger partial charge in [0, 0.05) is 6.04 Å². The molecule has 1 aromatic heterocycles. The monoisotopic (exact) mass is 304 g/mol. The number of carboxylic acids is 1. The number of aryl methyl sites for hydroxylation is 1. The van der Waals surface area contributed by atoms with Crippen molar-refractivity contribution in [2.75, 3.05) is 5.75 Å². The van der Waals surface area contributed by atoms with Gasteiger partial charge in [-0.05, 0) is 37.3 Å². The molecule has 3 rings (SSSR count). The number of imidazole rings is 1. The van der Waals surface area contributed by atoms with E-state index < -0.39 is 5.97 Å². The Bertz CT molecular complexity index is 680. The highest BCUT2D eigenvalue weighted by atomic mass is 32.2. The number of carbonyl (C=O) groups is 1. The lowest BCUT2D eigenvalue weighted by Gasteiger charge is -2.08. The largest absolute Gasteiger partial charge is 0.481 e. The summed E-state index contributed by atoms with van der Waals surface area (Å²) in [5, 5.41) is 9.78. The van der Waals surface area contributed by atoms with E-state index in [0.29, 0.717) is 6.04 Å². The lowest BCUT2D eigenvalue weighted by Crippen LogP contribution is -2.03. The van der Waals surface area contributed by atoms with E-state index in [9.17, 15) is 4.79 Å². The Balaban J connectivity index is 2.00. The first-order chi connectivity index (χ1) is 10.1. The quantitative estimate of drug-likeness (QED) is 0.823. The molecule has 0 radical (unpaired) electrons. The Labute approximate surface area is 128 Å². The molecule has 0 aliphatic heterocycles. The molecule has 1 saturated carbocycles. The smallest absolute Gasteiger partial charge is 0.313 e. The summed E-state index contributed by atoms with van der Waals surface area (Å²) in [5.74, 6) is -0.0126. The van der Waals surface area contributed by atoms with Crippen LogP contribution in [0.4, 0.5) is 0 Å². The molecule has 0 bridgehead atoms. The summed E-state index contributed by atoms with van der Waals surface area (Å²) >= 11 is 1.33. The first-order valence-electron chi connectivity index (χ1n) is 7.44. The fourth-order valence-electron chi connectivity index (χ4n) is 3.01. The molecule has 1 N–H and O–H groups in total. The number of benzene rings is 1. The van der Waals surface area contributed by atoms with Crippen LogP contribution in [-0.4, -0.2) is 26.4 Å². The van der Waals surface area contributed by atoms with Crippen LogP contribution in [0.3, 0.4) is 0 Å². The Morgan fingerprint density at radius 2 is 2.33 bits per heavy atom. The number of carboxylic acid groups (broad SMARTS) is 1. The Kier molecular flexibility index (Phi) is 3.93. The maximum atomic E-state index is 10.9. The Hall–Kier alpha value is -1.49. The number of hydrogen-bond donors (Lipinski definition) is 1. The lowest BCUT2D eigenvalue weighted by atomic mass is 10.2. The van der Waals surface area contributed by atoms with Crippen molar-refractivity contribution in [3.05, 3.63) is 23.8 Å². The van der Waals surface area contributed by atoms with E-state index in [1.807, 2.05) is 0 Å². The molecule has 5 heteroatoms. The van der Waals surface area contributed by atoms with Crippen molar-refractivity contribution in [1.29, 1.82) is 0 Å². The second kappa shape index (κ2) is 5.72. The minimum absolute atomic E-state index is 0.0630. The highest BCUT2D eigenvalue weighted by Gasteiger charge is 2.40. The van der Waals surface area contributed by atoms with Crippen molar-refractivity contribution in [3.8, 4) is 0 Å². The predicted octanol–water partition coefficient (Wildman–Crippen LogP) is 3.88. The zero-order valence-corrected chi connectivity index (χ0v) is 13.2. The summed E-state index contributed by atoms with van der Waals surface area (Å²) in [5.41, 5.74) is 3.30. The van der Waals surface area contributed by atoms with E-state index in [-0.39, 0.29) is 5.75 Å². The summed E-state index contributed by atoms with van der Waals surface area (Å²) in [6.07, 6.45) is 3.62. The van der Waals surface area contributed by atoms with Crippen LogP contribution in [0.25, 0.3) is 11.0 Å². The van der Waals surface area contributed by atoms with Gasteiger partial charge in [0.25, 0.3) is 0 Å². The predicted molar refractivity (Wildman–Crippen MR) is 84.9 cm³/mol. The van der Waals surface area contributed by atoms with Crippen LogP contribution < -0.4 is 0 Å². The van der Waals surface area contributed by atoms with Gasteiger partial charge in [0.2, 0.25) is 0 Å². The number of hydrogen-bond acceptors (Lipinski definition) is 3. The van der Waals surface area contributed by atoms with Gasteiger partial charge in [-0.3, -0.25) is 4.79 Å². The highest BCUT2D eigenvalue weighted by Crippen LogP contribution is 2.49. The van der Waals surface area contributed by atoms with Gasteiger partial charge in [0.05, 0.1) is 16.8 Å². The summed E-state index contributed by atoms with van der Waals surface area (Å²) in [6, 6.07) is 6.70. The van der Waals surface area contributed by atoms with E-state index in [2.05, 4.69) is 36.6 Å². The number of fused-ring (bicyclic) bond motifs is 1. The van der Waals surface area contributed by atoms with E-state index >= 15 is 0 Å². The number of para-hydroxylation sites is 1. The van der Waals surface area contributed by atoms with Crippen molar-refractivity contribution < 1.29 is 9.90 Å². The van der Waals surface area contributed by atoms with Gasteiger partial charge < -0.3 is 9.67 Å². The van der Waals surface area contributed by atoms with Crippen molar-refractivity contribution in [3.63, 3.8) is 0 Å². The molecule has 0 spiro atoms. The molecule has 2 atom stereocenters. The van der Waals surface area contributed by atoms with Gasteiger partial charge in [-0.25, -0.2) is 4.98 Å². The lowest BCUT2D eigenvalue weighted by molar-refractivity contribution is -0.133. The van der Waals surface area contributed by atoms with Crippen LogP contribution in [0, 0.1) is 12.8 Å². The van der Waals surface area contributed by atoms with Crippen LogP contribution in [0.2, 0.25) is 0 Å². The molecule has 4 nitrogen and oxygen atoms in total. The molecule has 0 saturated heterocycles. The van der Waals surface area contributed by atoms with Crippen LogP contribution in [-0.2, 0) is 4.79 Å². The topological polar surface area (TPSA) is 55.1 Å². The zero-order chi connectivity index (χ0) is 15.0. The molecular weight excluding hydrogens is 284 g/mol. The molecule has 2 aromatic rings. The van der Waals surface area contributed by atoms with Crippen molar-refractivity contribution in [2.45, 2.75) is 44.3 Å². The molecule has 1 aromatic carbocycles. The van der Waals surface area contributed by atoms with Crippen molar-refractivity contribution in [1.82, 2.24) is 9.55 Å². The van der Waals surface area contributed by atoms with E-state index in [1.54, 1.807) is 0 Å². The summed E-state index contributed by atoms with van der Waals surface area (Å²) in [4.78, 5) is 15.6. The molecule has 112 valence electrons. The van der Waals surface area contributed by atoms with Gasteiger partial charge in [-0.15, -0.1) is 0 Å². The fourth-order valence-corrected chi connectivity index (χ4v) is 3.79. The van der Waals surface area contributed by atoms with Gasteiger partial charge >= 0.3 is 5.97 Å². The third kappa shape index (κ3) is 2.79. The Morgan fingerprint density at radius 3 is 3.05 bits per heavy atom. The van der Waals surface area contributed by atoms with Gasteiger partial charge in [0.1, 0.15) is 0 Å². The number of aliphatic carboxylic acids is 1. The summed E-state index contributed by atoms with van der Waals surface area (Å²) < 4.78 is 2.27. The second-order valence-electron chi connectivity index (χ2n) is 5.74. The Morgan fingerprint density at radius 1 is 1.52 bits per heavy atom. The van der Waals surface area contributed by atoms with Crippen LogP contribution >= 0.6 is 11.8 Å². The van der Waals surface area contributed by atoms with Crippen molar-refractivity contribution >= 4 is 28.8 Å². The number of rotatable bonds is 6. The third-order valence-electron chi connectivity index (χ3n) is 4.09. The molecule has 0 amide bonds. The van der Waals surface area contributed by atoms with Crippen LogP contribution in [0.15, 0.2) is 23.4 Å². The van der Waals surface area contributed by atoms with E-state index in [0.717, 1.165) is 27.7 Å². The zero-order valence-electron chi connectivity index (χ0n) is 12.4. The van der Waals surface area contributed by atoms with Gasteiger partial charge in [-0.1, -0.05) is 37.2 Å². The normalized spacial score (nSPS) is 20.9. The molecule has 1 heterocycles. The van der Waals surface area contributed by atoms with Crippen molar-refractivity contribution in [2.24, 2.45) is 5.92 Å². The first-order valence-corrected chi connectivity index (χ1v) is 8.42. The standard InChI is InChI=1S/C16H20N2O2S/c1-3-5-11-8-13(11)18-12-7-4-6-10(2)15(12)17-16(18)21-9-14(19)20/h4,6-7,11,13H,3,5,8-9H2,1-2H3,(H,19,20). The molecule has 1 aliphatic rings. The maximum absolute atomic E-state index is 10.9. The molecule has 2 unspecified atom stereocenters. The van der Waals surface area contributed by atoms with Gasteiger partial charge in [-0.2, -0.15) is 0 Å². The average molecular weight is 304 g/mol. The average Bonchev–Trinajstić information content (AvgIpc) is 3.08. The number of nitrogens with zero attached hydrogens (tertiary/aromatic N) is 2. The number of aromatic nitrogens is 2. The molecule has 21 heavy (non-hydrogen) atoms. The summed E-state index contributed by atoms with van der Waals surface area (Å²) in [7, 11) is 0. The number of thioether (sulfide) groups is 1. The molecular formula is C16H20N2O2S. The molecule has 1 aliphatic carbocycles. The fraction of sp³-hybridized carbons (Fsp3) is 0.500. The molecule has 1 fully saturated rings.